The van der Waals surface area contributed by atoms with E-state index in [9.17, 15) is 22.7 Å². The SMILES string of the molecule is OC(CNC1(C(F)(F)F)CC1)c1ccc(F)cc1. The zero-order chi connectivity index (χ0) is 13.4. The average molecular weight is 263 g/mol. The molecule has 1 aromatic rings. The molecule has 0 amide bonds. The Labute approximate surface area is 102 Å². The molecule has 2 nitrogen and oxygen atoms in total. The third-order valence-electron chi connectivity index (χ3n) is 3.18. The number of aliphatic hydroxyl groups is 1. The van der Waals surface area contributed by atoms with Gasteiger partial charge in [-0.05, 0) is 30.5 Å². The van der Waals surface area contributed by atoms with Crippen LogP contribution in [-0.2, 0) is 0 Å². The van der Waals surface area contributed by atoms with Crippen molar-refractivity contribution in [3.8, 4) is 0 Å². The van der Waals surface area contributed by atoms with Gasteiger partial charge in [-0.25, -0.2) is 4.39 Å². The molecule has 0 radical (unpaired) electrons. The number of halogens is 4. The van der Waals surface area contributed by atoms with Crippen LogP contribution in [0.25, 0.3) is 0 Å². The minimum atomic E-state index is -4.30. The van der Waals surface area contributed by atoms with Gasteiger partial charge in [0.05, 0.1) is 6.10 Å². The van der Waals surface area contributed by atoms with E-state index >= 15 is 0 Å². The van der Waals surface area contributed by atoms with E-state index in [0.717, 1.165) is 12.1 Å². The average Bonchev–Trinajstić information content (AvgIpc) is 3.07. The molecular weight excluding hydrogens is 250 g/mol. The standard InChI is InChI=1S/C12H13F4NO/c13-9-3-1-8(2-4-9)10(18)7-17-11(5-6-11)12(14,15)16/h1-4,10,17-18H,5-7H2. The van der Waals surface area contributed by atoms with Crippen molar-refractivity contribution in [1.29, 1.82) is 0 Å². The first-order chi connectivity index (χ1) is 8.34. The lowest BCUT2D eigenvalue weighted by Crippen LogP contribution is -2.46. The molecule has 1 atom stereocenters. The molecule has 0 aromatic heterocycles. The third-order valence-corrected chi connectivity index (χ3v) is 3.18. The maximum atomic E-state index is 12.6. The van der Waals surface area contributed by atoms with Crippen molar-refractivity contribution in [2.75, 3.05) is 6.54 Å². The van der Waals surface area contributed by atoms with Crippen molar-refractivity contribution in [2.45, 2.75) is 30.7 Å². The van der Waals surface area contributed by atoms with Crippen molar-refractivity contribution >= 4 is 0 Å². The van der Waals surface area contributed by atoms with Gasteiger partial charge >= 0.3 is 6.18 Å². The first-order valence-electron chi connectivity index (χ1n) is 5.59. The van der Waals surface area contributed by atoms with Crippen LogP contribution in [0, 0.1) is 5.82 Å². The van der Waals surface area contributed by atoms with Gasteiger partial charge < -0.3 is 10.4 Å². The second-order valence-electron chi connectivity index (χ2n) is 4.53. The number of benzene rings is 1. The summed E-state index contributed by atoms with van der Waals surface area (Å²) in [7, 11) is 0. The summed E-state index contributed by atoms with van der Waals surface area (Å²) in [4.78, 5) is 0. The van der Waals surface area contributed by atoms with Crippen LogP contribution in [0.15, 0.2) is 24.3 Å². The van der Waals surface area contributed by atoms with Crippen LogP contribution in [0.2, 0.25) is 0 Å². The first-order valence-corrected chi connectivity index (χ1v) is 5.59. The number of rotatable bonds is 4. The molecule has 18 heavy (non-hydrogen) atoms. The highest BCUT2D eigenvalue weighted by Crippen LogP contribution is 2.48. The van der Waals surface area contributed by atoms with E-state index in [1.54, 1.807) is 0 Å². The highest BCUT2D eigenvalue weighted by molar-refractivity contribution is 5.19. The minimum absolute atomic E-state index is 0.0344. The number of hydrogen-bond donors (Lipinski definition) is 2. The maximum absolute atomic E-state index is 12.6. The summed E-state index contributed by atoms with van der Waals surface area (Å²) < 4.78 is 50.5. The molecule has 1 fully saturated rings. The van der Waals surface area contributed by atoms with Crippen LogP contribution < -0.4 is 5.32 Å². The van der Waals surface area contributed by atoms with Crippen LogP contribution in [0.5, 0.6) is 0 Å². The van der Waals surface area contributed by atoms with E-state index in [1.165, 1.54) is 12.1 Å². The molecular formula is C12H13F4NO. The summed E-state index contributed by atoms with van der Waals surface area (Å²) in [5.41, 5.74) is -1.45. The number of alkyl halides is 3. The molecule has 0 heterocycles. The van der Waals surface area contributed by atoms with Crippen molar-refractivity contribution in [3.63, 3.8) is 0 Å². The largest absolute Gasteiger partial charge is 0.406 e. The molecule has 0 saturated heterocycles. The molecule has 1 aliphatic rings. The minimum Gasteiger partial charge on any atom is -0.387 e. The second-order valence-corrected chi connectivity index (χ2v) is 4.53. The van der Waals surface area contributed by atoms with Gasteiger partial charge in [0.2, 0.25) is 0 Å². The summed E-state index contributed by atoms with van der Waals surface area (Å²) in [6.45, 7) is -0.203. The van der Waals surface area contributed by atoms with E-state index in [0.29, 0.717) is 5.56 Å². The molecule has 2 N–H and O–H groups in total. The zero-order valence-corrected chi connectivity index (χ0v) is 9.47. The zero-order valence-electron chi connectivity index (χ0n) is 9.47. The van der Waals surface area contributed by atoms with Crippen LogP contribution >= 0.6 is 0 Å². The Kier molecular flexibility index (Phi) is 3.33. The lowest BCUT2D eigenvalue weighted by molar-refractivity contribution is -0.166. The Morgan fingerprint density at radius 1 is 1.22 bits per heavy atom. The number of hydrogen-bond acceptors (Lipinski definition) is 2. The fourth-order valence-corrected chi connectivity index (χ4v) is 1.78. The third kappa shape index (κ3) is 2.64. The normalized spacial score (nSPS) is 19.6. The van der Waals surface area contributed by atoms with Crippen LogP contribution in [-0.4, -0.2) is 23.4 Å². The fraction of sp³-hybridized carbons (Fsp3) is 0.500. The molecule has 1 unspecified atom stereocenters. The van der Waals surface area contributed by atoms with Crippen molar-refractivity contribution in [3.05, 3.63) is 35.6 Å². The van der Waals surface area contributed by atoms with E-state index < -0.39 is 23.6 Å². The number of aliphatic hydroxyl groups excluding tert-OH is 1. The highest BCUT2D eigenvalue weighted by Gasteiger charge is 2.63. The Morgan fingerprint density at radius 3 is 2.22 bits per heavy atom. The van der Waals surface area contributed by atoms with Gasteiger partial charge in [0.1, 0.15) is 11.4 Å². The lowest BCUT2D eigenvalue weighted by Gasteiger charge is -2.22. The molecule has 1 aliphatic carbocycles. The van der Waals surface area contributed by atoms with Gasteiger partial charge in [-0.15, -0.1) is 0 Å². The van der Waals surface area contributed by atoms with Crippen LogP contribution in [0.3, 0.4) is 0 Å². The summed E-state index contributed by atoms with van der Waals surface area (Å²) in [6.07, 6.45) is -5.31. The molecule has 0 aliphatic heterocycles. The van der Waals surface area contributed by atoms with Gasteiger partial charge in [-0.2, -0.15) is 13.2 Å². The van der Waals surface area contributed by atoms with E-state index in [-0.39, 0.29) is 19.4 Å². The fourth-order valence-electron chi connectivity index (χ4n) is 1.78. The summed E-state index contributed by atoms with van der Waals surface area (Å²) in [5, 5.41) is 12.1. The van der Waals surface area contributed by atoms with Gasteiger partial charge in [0, 0.05) is 6.54 Å². The van der Waals surface area contributed by atoms with Gasteiger partial charge in [0.15, 0.2) is 0 Å². The van der Waals surface area contributed by atoms with E-state index in [4.69, 9.17) is 0 Å². The Hall–Kier alpha value is -1.14. The Balaban J connectivity index is 1.93. The van der Waals surface area contributed by atoms with Gasteiger partial charge in [-0.1, -0.05) is 12.1 Å². The molecule has 1 saturated carbocycles. The predicted molar refractivity (Wildman–Crippen MR) is 57.4 cm³/mol. The molecule has 100 valence electrons. The molecule has 6 heteroatoms. The van der Waals surface area contributed by atoms with Crippen molar-refractivity contribution in [1.82, 2.24) is 5.32 Å². The van der Waals surface area contributed by atoms with Gasteiger partial charge in [0.25, 0.3) is 0 Å². The molecule has 2 rings (SSSR count). The van der Waals surface area contributed by atoms with Gasteiger partial charge in [-0.3, -0.25) is 0 Å². The molecule has 0 spiro atoms. The van der Waals surface area contributed by atoms with Crippen molar-refractivity contribution in [2.24, 2.45) is 0 Å². The number of nitrogens with one attached hydrogen (secondary N) is 1. The number of β-amino-alcohol motifs (C(OH)–C–C–N with tert-alkyl or cyclic N) is 1. The monoisotopic (exact) mass is 263 g/mol. The summed E-state index contributed by atoms with van der Waals surface area (Å²) >= 11 is 0. The summed E-state index contributed by atoms with van der Waals surface area (Å²) in [5.74, 6) is -0.451. The topological polar surface area (TPSA) is 32.3 Å². The maximum Gasteiger partial charge on any atom is 0.406 e. The quantitative estimate of drug-likeness (QED) is 0.818. The summed E-state index contributed by atoms with van der Waals surface area (Å²) in [6, 6.07) is 5.04. The van der Waals surface area contributed by atoms with Crippen LogP contribution in [0.1, 0.15) is 24.5 Å². The molecule has 0 bridgehead atoms. The lowest BCUT2D eigenvalue weighted by atomic mass is 10.1. The van der Waals surface area contributed by atoms with Crippen molar-refractivity contribution < 1.29 is 22.7 Å². The predicted octanol–water partition coefficient (Wildman–Crippen LogP) is 2.54. The van der Waals surface area contributed by atoms with Crippen LogP contribution in [0.4, 0.5) is 17.6 Å². The molecule has 1 aromatic carbocycles. The Morgan fingerprint density at radius 2 is 1.78 bits per heavy atom. The highest BCUT2D eigenvalue weighted by atomic mass is 19.4. The Bertz CT molecular complexity index is 411. The first kappa shape index (κ1) is 13.3. The van der Waals surface area contributed by atoms with E-state index in [2.05, 4.69) is 5.32 Å². The van der Waals surface area contributed by atoms with E-state index in [1.807, 2.05) is 0 Å². The smallest absolute Gasteiger partial charge is 0.387 e. The second kappa shape index (κ2) is 4.51.